The minimum absolute atomic E-state index is 0.253. The number of ether oxygens (including phenoxy) is 2. The number of fused-ring (bicyclic) bond motifs is 1. The van der Waals surface area contributed by atoms with E-state index < -0.39 is 0 Å². The maximum absolute atomic E-state index is 5.89. The number of aromatic nitrogens is 1. The van der Waals surface area contributed by atoms with Crippen LogP contribution in [0, 0.1) is 6.92 Å². The molecule has 0 N–H and O–H groups in total. The summed E-state index contributed by atoms with van der Waals surface area (Å²) in [6.45, 7) is 4.83. The summed E-state index contributed by atoms with van der Waals surface area (Å²) in [5.74, 6) is 0. The van der Waals surface area contributed by atoms with Crippen molar-refractivity contribution in [1.82, 2.24) is 9.88 Å². The van der Waals surface area contributed by atoms with Crippen LogP contribution in [-0.4, -0.2) is 48.4 Å². The Hall–Kier alpha value is -0.490. The summed E-state index contributed by atoms with van der Waals surface area (Å²) in [4.78, 5) is 7.08. The van der Waals surface area contributed by atoms with Crippen LogP contribution >= 0.6 is 11.3 Å². The van der Waals surface area contributed by atoms with Crippen LogP contribution in [0.1, 0.15) is 23.5 Å². The van der Waals surface area contributed by atoms with Crippen LogP contribution in [0.3, 0.4) is 0 Å². The van der Waals surface area contributed by atoms with E-state index >= 15 is 0 Å². The van der Waals surface area contributed by atoms with Gasteiger partial charge in [0.05, 0.1) is 29.5 Å². The second-order valence-corrected chi connectivity index (χ2v) is 6.14. The van der Waals surface area contributed by atoms with E-state index in [4.69, 9.17) is 9.47 Å². The van der Waals surface area contributed by atoms with E-state index in [0.717, 1.165) is 31.1 Å². The normalized spacial score (nSPS) is 32.7. The lowest BCUT2D eigenvalue weighted by atomic mass is 10.1. The molecule has 18 heavy (non-hydrogen) atoms. The zero-order valence-corrected chi connectivity index (χ0v) is 11.8. The lowest BCUT2D eigenvalue weighted by Crippen LogP contribution is -2.51. The smallest absolute Gasteiger partial charge is 0.0991 e. The van der Waals surface area contributed by atoms with E-state index in [1.54, 1.807) is 18.4 Å². The van der Waals surface area contributed by atoms with Crippen molar-refractivity contribution in [3.8, 4) is 0 Å². The predicted molar refractivity (Wildman–Crippen MR) is 70.8 cm³/mol. The molecule has 2 aliphatic rings. The molecule has 1 saturated heterocycles. The number of hydrogen-bond acceptors (Lipinski definition) is 5. The molecule has 0 spiro atoms. The monoisotopic (exact) mass is 268 g/mol. The molecule has 2 fully saturated rings. The molecule has 0 bridgehead atoms. The van der Waals surface area contributed by atoms with Gasteiger partial charge in [0.2, 0.25) is 0 Å². The Kier molecular flexibility index (Phi) is 3.66. The lowest BCUT2D eigenvalue weighted by Gasteiger charge is -2.38. The van der Waals surface area contributed by atoms with Gasteiger partial charge < -0.3 is 9.47 Å². The number of morpholine rings is 1. The van der Waals surface area contributed by atoms with Crippen LogP contribution in [0.15, 0.2) is 5.38 Å². The quantitative estimate of drug-likeness (QED) is 0.837. The van der Waals surface area contributed by atoms with Crippen molar-refractivity contribution in [1.29, 1.82) is 0 Å². The van der Waals surface area contributed by atoms with Crippen molar-refractivity contribution in [2.75, 3.05) is 20.3 Å². The third-order valence-corrected chi connectivity index (χ3v) is 4.81. The summed E-state index contributed by atoms with van der Waals surface area (Å²) in [6, 6.07) is 0.505. The minimum Gasteiger partial charge on any atom is -0.379 e. The second-order valence-electron chi connectivity index (χ2n) is 5.08. The highest BCUT2D eigenvalue weighted by molar-refractivity contribution is 7.09. The average molecular weight is 268 g/mol. The Morgan fingerprint density at radius 3 is 3.17 bits per heavy atom. The molecule has 1 aromatic rings. The van der Waals surface area contributed by atoms with Gasteiger partial charge in [-0.25, -0.2) is 4.98 Å². The summed E-state index contributed by atoms with van der Waals surface area (Å²) in [7, 11) is 1.79. The minimum atomic E-state index is 0.253. The van der Waals surface area contributed by atoms with Crippen molar-refractivity contribution in [3.63, 3.8) is 0 Å². The molecule has 3 rings (SSSR count). The standard InChI is InChI=1S/C13H20N2O2S/c1-9-14-10(8-18-9)7-15-5-6-17-13-11(15)3-4-12(13)16-2/h8,11-13H,3-7H2,1-2H3/t11-,12+,13+/m1/s1. The van der Waals surface area contributed by atoms with Crippen molar-refractivity contribution >= 4 is 11.3 Å². The molecule has 1 aromatic heterocycles. The first-order valence-electron chi connectivity index (χ1n) is 6.57. The van der Waals surface area contributed by atoms with Gasteiger partial charge in [0, 0.05) is 31.6 Å². The van der Waals surface area contributed by atoms with E-state index in [2.05, 4.69) is 22.2 Å². The SMILES string of the molecule is CO[C@H]1CC[C@@H]2[C@@H]1OCCN2Cc1csc(C)n1. The summed E-state index contributed by atoms with van der Waals surface area (Å²) in [5, 5.41) is 3.32. The first-order chi connectivity index (χ1) is 8.78. The molecule has 3 atom stereocenters. The van der Waals surface area contributed by atoms with Crippen LogP contribution in [0.25, 0.3) is 0 Å². The average Bonchev–Trinajstić information content (AvgIpc) is 2.96. The van der Waals surface area contributed by atoms with Gasteiger partial charge >= 0.3 is 0 Å². The molecule has 1 aliphatic heterocycles. The van der Waals surface area contributed by atoms with Crippen LogP contribution in [0.2, 0.25) is 0 Å². The Morgan fingerprint density at radius 2 is 2.44 bits per heavy atom. The van der Waals surface area contributed by atoms with Crippen molar-refractivity contribution in [2.24, 2.45) is 0 Å². The topological polar surface area (TPSA) is 34.6 Å². The van der Waals surface area contributed by atoms with Crippen LogP contribution in [-0.2, 0) is 16.0 Å². The van der Waals surface area contributed by atoms with E-state index in [-0.39, 0.29) is 12.2 Å². The highest BCUT2D eigenvalue weighted by atomic mass is 32.1. The molecule has 0 aromatic carbocycles. The van der Waals surface area contributed by atoms with Crippen molar-refractivity contribution in [2.45, 2.75) is 44.6 Å². The van der Waals surface area contributed by atoms with E-state index in [0.29, 0.717) is 6.04 Å². The molecular formula is C13H20N2O2S. The molecule has 0 amide bonds. The van der Waals surface area contributed by atoms with Gasteiger partial charge in [-0.15, -0.1) is 11.3 Å². The molecule has 0 radical (unpaired) electrons. The number of aryl methyl sites for hydroxylation is 1. The van der Waals surface area contributed by atoms with Gasteiger partial charge in [-0.1, -0.05) is 0 Å². The second kappa shape index (κ2) is 5.25. The van der Waals surface area contributed by atoms with Gasteiger partial charge in [-0.05, 0) is 19.8 Å². The Labute approximate surface area is 112 Å². The molecule has 100 valence electrons. The summed E-state index contributed by atoms with van der Waals surface area (Å²) < 4.78 is 11.4. The van der Waals surface area contributed by atoms with E-state index in [1.807, 2.05) is 0 Å². The fourth-order valence-electron chi connectivity index (χ4n) is 3.13. The highest BCUT2D eigenvalue weighted by Gasteiger charge is 2.42. The summed E-state index contributed by atoms with van der Waals surface area (Å²) in [6.07, 6.45) is 2.81. The summed E-state index contributed by atoms with van der Waals surface area (Å²) in [5.41, 5.74) is 1.19. The summed E-state index contributed by atoms with van der Waals surface area (Å²) >= 11 is 1.73. The molecule has 1 aliphatic carbocycles. The maximum atomic E-state index is 5.89. The van der Waals surface area contributed by atoms with Gasteiger partial charge in [0.1, 0.15) is 0 Å². The van der Waals surface area contributed by atoms with E-state index in [1.165, 1.54) is 12.1 Å². The van der Waals surface area contributed by atoms with Gasteiger partial charge in [-0.3, -0.25) is 4.90 Å². The number of nitrogens with zero attached hydrogens (tertiary/aromatic N) is 2. The fourth-order valence-corrected chi connectivity index (χ4v) is 3.73. The third-order valence-electron chi connectivity index (χ3n) is 3.98. The molecular weight excluding hydrogens is 248 g/mol. The lowest BCUT2D eigenvalue weighted by molar-refractivity contribution is -0.106. The van der Waals surface area contributed by atoms with Gasteiger partial charge in [-0.2, -0.15) is 0 Å². The Bertz CT molecular complexity index is 409. The maximum Gasteiger partial charge on any atom is 0.0991 e. The first kappa shape index (κ1) is 12.5. The van der Waals surface area contributed by atoms with Crippen molar-refractivity contribution in [3.05, 3.63) is 16.1 Å². The van der Waals surface area contributed by atoms with Gasteiger partial charge in [0.15, 0.2) is 0 Å². The molecule has 0 unspecified atom stereocenters. The van der Waals surface area contributed by atoms with Gasteiger partial charge in [0.25, 0.3) is 0 Å². The Balaban J connectivity index is 1.69. The van der Waals surface area contributed by atoms with Crippen LogP contribution in [0.4, 0.5) is 0 Å². The molecule has 5 heteroatoms. The predicted octanol–water partition coefficient (Wildman–Crippen LogP) is 1.83. The number of rotatable bonds is 3. The molecule has 2 heterocycles. The van der Waals surface area contributed by atoms with Crippen molar-refractivity contribution < 1.29 is 9.47 Å². The first-order valence-corrected chi connectivity index (χ1v) is 7.45. The van der Waals surface area contributed by atoms with Crippen LogP contribution in [0.5, 0.6) is 0 Å². The molecule has 4 nitrogen and oxygen atoms in total. The third kappa shape index (κ3) is 2.32. The number of hydrogen-bond donors (Lipinski definition) is 0. The number of methoxy groups -OCH3 is 1. The zero-order chi connectivity index (χ0) is 12.5. The molecule has 1 saturated carbocycles. The zero-order valence-electron chi connectivity index (χ0n) is 11.0. The van der Waals surface area contributed by atoms with E-state index in [9.17, 15) is 0 Å². The fraction of sp³-hybridized carbons (Fsp3) is 0.769. The van der Waals surface area contributed by atoms with Crippen LogP contribution < -0.4 is 0 Å². The largest absolute Gasteiger partial charge is 0.379 e. The highest BCUT2D eigenvalue weighted by Crippen LogP contribution is 2.32. The Morgan fingerprint density at radius 1 is 1.56 bits per heavy atom. The number of thiazole rings is 1.